The Hall–Kier alpha value is -3.50. The van der Waals surface area contributed by atoms with Crippen LogP contribution in [-0.4, -0.2) is 59.1 Å². The number of hydrogen-bond acceptors (Lipinski definition) is 6. The molecule has 1 aliphatic rings. The van der Waals surface area contributed by atoms with Gasteiger partial charge in [0.25, 0.3) is 15.9 Å². The smallest absolute Gasteiger partial charge is 0.261 e. The number of nitrogens with zero attached hydrogens (tertiary/aromatic N) is 2. The zero-order valence-corrected chi connectivity index (χ0v) is 21.1. The average molecular weight is 534 g/mol. The van der Waals surface area contributed by atoms with Gasteiger partial charge in [-0.1, -0.05) is 11.6 Å². The van der Waals surface area contributed by atoms with Crippen LogP contribution in [0.1, 0.15) is 0 Å². The van der Waals surface area contributed by atoms with E-state index in [9.17, 15) is 17.6 Å². The molecule has 1 amide bonds. The molecule has 3 aromatic rings. The minimum absolute atomic E-state index is 0.0501. The SMILES string of the molecule is COc1ccc(N2CCN(C(=O)COc3ccc(S(=O)(=O)Nc4ccc(F)cc4)cc3Cl)CC2)cc1. The fourth-order valence-corrected chi connectivity index (χ4v) is 5.12. The number of halogens is 2. The van der Waals surface area contributed by atoms with Crippen molar-refractivity contribution in [2.75, 3.05) is 49.5 Å². The minimum Gasteiger partial charge on any atom is -0.497 e. The van der Waals surface area contributed by atoms with E-state index in [1.807, 2.05) is 24.3 Å². The van der Waals surface area contributed by atoms with Crippen molar-refractivity contribution >= 4 is 38.9 Å². The van der Waals surface area contributed by atoms with Gasteiger partial charge in [-0.05, 0) is 66.7 Å². The Morgan fingerprint density at radius 2 is 1.67 bits per heavy atom. The number of nitrogens with one attached hydrogen (secondary N) is 1. The number of amides is 1. The fraction of sp³-hybridized carbons (Fsp3) is 0.240. The lowest BCUT2D eigenvalue weighted by molar-refractivity contribution is -0.133. The molecule has 0 atom stereocenters. The van der Waals surface area contributed by atoms with Crippen molar-refractivity contribution in [3.63, 3.8) is 0 Å². The van der Waals surface area contributed by atoms with E-state index in [1.165, 1.54) is 30.3 Å². The number of sulfonamides is 1. The second-order valence-electron chi connectivity index (χ2n) is 8.06. The Morgan fingerprint density at radius 1 is 1.00 bits per heavy atom. The highest BCUT2D eigenvalue weighted by Gasteiger charge is 2.22. The van der Waals surface area contributed by atoms with E-state index in [0.717, 1.165) is 23.6 Å². The molecule has 0 saturated carbocycles. The van der Waals surface area contributed by atoms with Gasteiger partial charge in [-0.25, -0.2) is 12.8 Å². The second-order valence-corrected chi connectivity index (χ2v) is 10.1. The summed E-state index contributed by atoms with van der Waals surface area (Å²) in [6.07, 6.45) is 0. The Balaban J connectivity index is 1.30. The molecule has 0 bridgehead atoms. The molecular weight excluding hydrogens is 509 g/mol. The first kappa shape index (κ1) is 25.6. The number of ether oxygens (including phenoxy) is 2. The fourth-order valence-electron chi connectivity index (χ4n) is 3.74. The first-order valence-corrected chi connectivity index (χ1v) is 13.0. The summed E-state index contributed by atoms with van der Waals surface area (Å²) in [6.45, 7) is 2.25. The zero-order chi connectivity index (χ0) is 25.7. The molecule has 0 aliphatic carbocycles. The number of methoxy groups -OCH3 is 1. The number of hydrogen-bond donors (Lipinski definition) is 1. The van der Waals surface area contributed by atoms with Gasteiger partial charge in [0.15, 0.2) is 6.61 Å². The van der Waals surface area contributed by atoms with Crippen molar-refractivity contribution in [3.8, 4) is 11.5 Å². The molecule has 1 N–H and O–H groups in total. The number of benzene rings is 3. The number of carbonyl (C=O) groups is 1. The Kier molecular flexibility index (Phi) is 7.85. The molecule has 1 heterocycles. The third-order valence-electron chi connectivity index (χ3n) is 5.73. The highest BCUT2D eigenvalue weighted by atomic mass is 35.5. The number of piperazine rings is 1. The summed E-state index contributed by atoms with van der Waals surface area (Å²) in [5.74, 6) is 0.326. The topological polar surface area (TPSA) is 88.2 Å². The van der Waals surface area contributed by atoms with Gasteiger partial charge < -0.3 is 19.3 Å². The maximum Gasteiger partial charge on any atom is 0.261 e. The standard InChI is InChI=1S/C25H25ClFN3O5S/c1-34-21-8-6-20(7-9-21)29-12-14-30(15-13-29)25(31)17-35-24-11-10-22(16-23(24)26)36(32,33)28-19-4-2-18(27)3-5-19/h2-11,16,28H,12-15,17H2,1H3. The molecule has 1 aliphatic heterocycles. The molecule has 1 fully saturated rings. The maximum atomic E-state index is 13.1. The van der Waals surface area contributed by atoms with Gasteiger partial charge in [0.2, 0.25) is 0 Å². The summed E-state index contributed by atoms with van der Waals surface area (Å²) in [6, 6.07) is 16.7. The highest BCUT2D eigenvalue weighted by Crippen LogP contribution is 2.28. The monoisotopic (exact) mass is 533 g/mol. The molecule has 4 rings (SSSR count). The van der Waals surface area contributed by atoms with Crippen LogP contribution in [0.15, 0.2) is 71.6 Å². The predicted molar refractivity (Wildman–Crippen MR) is 136 cm³/mol. The van der Waals surface area contributed by atoms with Gasteiger partial charge in [0.05, 0.1) is 17.0 Å². The van der Waals surface area contributed by atoms with E-state index < -0.39 is 15.8 Å². The van der Waals surface area contributed by atoms with E-state index in [-0.39, 0.29) is 33.9 Å². The zero-order valence-electron chi connectivity index (χ0n) is 19.5. The van der Waals surface area contributed by atoms with Gasteiger partial charge in [0, 0.05) is 37.6 Å². The van der Waals surface area contributed by atoms with Crippen molar-refractivity contribution in [1.29, 1.82) is 0 Å². The Morgan fingerprint density at radius 3 is 2.28 bits per heavy atom. The Labute approximate surface area is 214 Å². The molecule has 36 heavy (non-hydrogen) atoms. The molecule has 0 spiro atoms. The third kappa shape index (κ3) is 6.19. The highest BCUT2D eigenvalue weighted by molar-refractivity contribution is 7.92. The van der Waals surface area contributed by atoms with E-state index in [4.69, 9.17) is 21.1 Å². The van der Waals surface area contributed by atoms with Gasteiger partial charge in [-0.2, -0.15) is 0 Å². The van der Waals surface area contributed by atoms with E-state index in [2.05, 4.69) is 9.62 Å². The van der Waals surface area contributed by atoms with Gasteiger partial charge >= 0.3 is 0 Å². The summed E-state index contributed by atoms with van der Waals surface area (Å²) >= 11 is 6.23. The van der Waals surface area contributed by atoms with Gasteiger partial charge in [-0.3, -0.25) is 9.52 Å². The lowest BCUT2D eigenvalue weighted by Crippen LogP contribution is -2.50. The third-order valence-corrected chi connectivity index (χ3v) is 7.41. The first-order chi connectivity index (χ1) is 17.2. The van der Waals surface area contributed by atoms with Crippen LogP contribution in [0.3, 0.4) is 0 Å². The van der Waals surface area contributed by atoms with Crippen LogP contribution < -0.4 is 19.1 Å². The number of carbonyl (C=O) groups excluding carboxylic acids is 1. The normalized spacial score (nSPS) is 13.9. The van der Waals surface area contributed by atoms with Crippen molar-refractivity contribution in [2.24, 2.45) is 0 Å². The first-order valence-electron chi connectivity index (χ1n) is 11.1. The molecule has 190 valence electrons. The number of anilines is 2. The second kappa shape index (κ2) is 11.0. The summed E-state index contributed by atoms with van der Waals surface area (Å²) in [5, 5.41) is 0.0501. The van der Waals surface area contributed by atoms with Gasteiger partial charge in [0.1, 0.15) is 17.3 Å². The summed E-state index contributed by atoms with van der Waals surface area (Å²) in [5.41, 5.74) is 1.28. The van der Waals surface area contributed by atoms with E-state index >= 15 is 0 Å². The quantitative estimate of drug-likeness (QED) is 0.470. The molecule has 3 aromatic carbocycles. The van der Waals surface area contributed by atoms with Gasteiger partial charge in [-0.15, -0.1) is 0 Å². The molecule has 0 radical (unpaired) electrons. The van der Waals surface area contributed by atoms with Crippen LogP contribution in [0.25, 0.3) is 0 Å². The van der Waals surface area contributed by atoms with E-state index in [1.54, 1.807) is 12.0 Å². The Bertz CT molecular complexity index is 1310. The molecule has 11 heteroatoms. The van der Waals surface area contributed by atoms with Crippen LogP contribution in [0.2, 0.25) is 5.02 Å². The minimum atomic E-state index is -3.95. The lowest BCUT2D eigenvalue weighted by atomic mass is 10.2. The predicted octanol–water partition coefficient (Wildman–Crippen LogP) is 4.02. The average Bonchev–Trinajstić information content (AvgIpc) is 2.89. The van der Waals surface area contributed by atoms with Crippen LogP contribution in [0.5, 0.6) is 11.5 Å². The molecule has 0 aromatic heterocycles. The van der Waals surface area contributed by atoms with Crippen LogP contribution in [0, 0.1) is 5.82 Å². The molecule has 8 nitrogen and oxygen atoms in total. The van der Waals surface area contributed by atoms with Crippen molar-refractivity contribution < 1.29 is 27.1 Å². The molecule has 1 saturated heterocycles. The summed E-state index contributed by atoms with van der Waals surface area (Å²) in [7, 11) is -2.32. The largest absolute Gasteiger partial charge is 0.497 e. The lowest BCUT2D eigenvalue weighted by Gasteiger charge is -2.36. The van der Waals surface area contributed by atoms with Crippen molar-refractivity contribution in [1.82, 2.24) is 4.90 Å². The number of rotatable bonds is 8. The van der Waals surface area contributed by atoms with Crippen LogP contribution in [0.4, 0.5) is 15.8 Å². The van der Waals surface area contributed by atoms with E-state index in [0.29, 0.717) is 26.2 Å². The van der Waals surface area contributed by atoms with Crippen LogP contribution >= 0.6 is 11.6 Å². The van der Waals surface area contributed by atoms with Crippen LogP contribution in [-0.2, 0) is 14.8 Å². The summed E-state index contributed by atoms with van der Waals surface area (Å²) in [4.78, 5) is 16.5. The van der Waals surface area contributed by atoms with Crippen molar-refractivity contribution in [2.45, 2.75) is 4.90 Å². The summed E-state index contributed by atoms with van der Waals surface area (Å²) < 4.78 is 51.4. The van der Waals surface area contributed by atoms with Crippen molar-refractivity contribution in [3.05, 3.63) is 77.6 Å². The molecule has 0 unspecified atom stereocenters. The molecular formula is C25H25ClFN3O5S. The maximum absolute atomic E-state index is 13.1.